The van der Waals surface area contributed by atoms with Crippen LogP contribution in [0.3, 0.4) is 0 Å². The lowest BCUT2D eigenvalue weighted by Gasteiger charge is -2.39. The molecule has 3 nitrogen and oxygen atoms in total. The number of hydrogen-bond donors (Lipinski definition) is 0. The van der Waals surface area contributed by atoms with Gasteiger partial charge in [-0.3, -0.25) is 4.79 Å². The van der Waals surface area contributed by atoms with Gasteiger partial charge in [0.05, 0.1) is 6.10 Å². The molecule has 0 spiro atoms. The molecule has 0 aromatic rings. The minimum atomic E-state index is -4.32. The minimum Gasteiger partial charge on any atom is -0.378 e. The monoisotopic (exact) mass is 321 g/mol. The summed E-state index contributed by atoms with van der Waals surface area (Å²) in [4.78, 5) is 13.5. The zero-order valence-corrected chi connectivity index (χ0v) is 13.4. The average molecular weight is 321 g/mol. The molecule has 2 fully saturated rings. The molecular formula is C16H26F3NO2. The number of hydrogen-bond acceptors (Lipinski definition) is 2. The van der Waals surface area contributed by atoms with Crippen LogP contribution >= 0.6 is 0 Å². The summed E-state index contributed by atoms with van der Waals surface area (Å²) in [5, 5.41) is 0. The second kappa shape index (κ2) is 7.20. The van der Waals surface area contributed by atoms with Crippen LogP contribution < -0.4 is 0 Å². The Labute approximate surface area is 130 Å². The molecule has 1 amide bonds. The van der Waals surface area contributed by atoms with Crippen molar-refractivity contribution < 1.29 is 22.7 Å². The number of ether oxygens (including phenoxy) is 1. The quantitative estimate of drug-likeness (QED) is 0.771. The van der Waals surface area contributed by atoms with E-state index in [-0.39, 0.29) is 30.4 Å². The fraction of sp³-hybridized carbons (Fsp3) is 0.938. The van der Waals surface area contributed by atoms with Crippen molar-refractivity contribution in [3.8, 4) is 0 Å². The molecule has 2 unspecified atom stereocenters. The van der Waals surface area contributed by atoms with E-state index >= 15 is 0 Å². The van der Waals surface area contributed by atoms with Crippen molar-refractivity contribution in [2.75, 3.05) is 13.2 Å². The zero-order chi connectivity index (χ0) is 16.3. The van der Waals surface area contributed by atoms with Gasteiger partial charge in [0.2, 0.25) is 5.91 Å². The number of halogens is 3. The van der Waals surface area contributed by atoms with E-state index in [4.69, 9.17) is 4.74 Å². The highest BCUT2D eigenvalue weighted by atomic mass is 19.4. The van der Waals surface area contributed by atoms with Gasteiger partial charge in [-0.25, -0.2) is 0 Å². The summed E-state index contributed by atoms with van der Waals surface area (Å²) in [5.74, 6) is 0.178. The van der Waals surface area contributed by atoms with Crippen LogP contribution in [0.4, 0.5) is 13.2 Å². The third-order valence-electron chi connectivity index (χ3n) is 4.82. The predicted octanol–water partition coefficient (Wildman–Crippen LogP) is 3.77. The summed E-state index contributed by atoms with van der Waals surface area (Å²) in [6.45, 7) is 3.63. The number of carbonyl (C=O) groups is 1. The van der Waals surface area contributed by atoms with Crippen LogP contribution in [-0.2, 0) is 9.53 Å². The molecule has 1 aliphatic heterocycles. The molecular weight excluding hydrogens is 295 g/mol. The van der Waals surface area contributed by atoms with Crippen molar-refractivity contribution in [3.05, 3.63) is 0 Å². The maximum atomic E-state index is 12.7. The van der Waals surface area contributed by atoms with E-state index in [2.05, 4.69) is 13.8 Å². The molecule has 2 atom stereocenters. The van der Waals surface area contributed by atoms with Crippen LogP contribution in [0.15, 0.2) is 0 Å². The van der Waals surface area contributed by atoms with Crippen molar-refractivity contribution in [2.24, 2.45) is 11.8 Å². The van der Waals surface area contributed by atoms with Crippen LogP contribution in [0.2, 0.25) is 0 Å². The van der Waals surface area contributed by atoms with Gasteiger partial charge < -0.3 is 9.64 Å². The summed E-state index contributed by atoms with van der Waals surface area (Å²) < 4.78 is 43.8. The lowest BCUT2D eigenvalue weighted by atomic mass is 9.86. The van der Waals surface area contributed by atoms with Crippen LogP contribution in [0.5, 0.6) is 0 Å². The van der Waals surface area contributed by atoms with Gasteiger partial charge in [-0.1, -0.05) is 13.8 Å². The average Bonchev–Trinajstić information content (AvgIpc) is 2.34. The summed E-state index contributed by atoms with van der Waals surface area (Å²) in [6.07, 6.45) is -0.132. The van der Waals surface area contributed by atoms with Crippen molar-refractivity contribution in [1.29, 1.82) is 0 Å². The van der Waals surface area contributed by atoms with Crippen molar-refractivity contribution in [1.82, 2.24) is 4.90 Å². The Hall–Kier alpha value is -0.780. The molecule has 1 saturated heterocycles. The first-order valence-electron chi connectivity index (χ1n) is 8.24. The van der Waals surface area contributed by atoms with Gasteiger partial charge in [0.25, 0.3) is 0 Å². The topological polar surface area (TPSA) is 29.5 Å². The standard InChI is InChI=1S/C16H26F3NO2/c1-11(2)14-8-12(6-7-22-14)9-15(21)20(10-16(17,18)19)13-4-3-5-13/h11-14H,3-10H2,1-2H3. The first kappa shape index (κ1) is 17.6. The van der Waals surface area contributed by atoms with E-state index in [0.29, 0.717) is 25.4 Å². The molecule has 0 bridgehead atoms. The molecule has 0 N–H and O–H groups in total. The number of alkyl halides is 3. The highest BCUT2D eigenvalue weighted by Crippen LogP contribution is 2.32. The molecule has 2 rings (SSSR count). The van der Waals surface area contributed by atoms with E-state index in [1.54, 1.807) is 0 Å². The Morgan fingerprint density at radius 2 is 1.95 bits per heavy atom. The third-order valence-corrected chi connectivity index (χ3v) is 4.82. The SMILES string of the molecule is CC(C)C1CC(CC(=O)N(CC(F)(F)F)C2CCC2)CCO1. The van der Waals surface area contributed by atoms with Gasteiger partial charge in [-0.2, -0.15) is 13.2 Å². The normalized spacial score (nSPS) is 26.8. The van der Waals surface area contributed by atoms with Crippen LogP contribution in [0.25, 0.3) is 0 Å². The van der Waals surface area contributed by atoms with Gasteiger partial charge in [0.15, 0.2) is 0 Å². The van der Waals surface area contributed by atoms with Crippen molar-refractivity contribution in [3.63, 3.8) is 0 Å². The summed E-state index contributed by atoms with van der Waals surface area (Å²) in [7, 11) is 0. The Morgan fingerprint density at radius 3 is 2.45 bits per heavy atom. The number of amides is 1. The largest absolute Gasteiger partial charge is 0.406 e. The summed E-state index contributed by atoms with van der Waals surface area (Å²) >= 11 is 0. The molecule has 6 heteroatoms. The van der Waals surface area contributed by atoms with E-state index in [0.717, 1.165) is 24.2 Å². The molecule has 1 aliphatic carbocycles. The van der Waals surface area contributed by atoms with E-state index in [1.807, 2.05) is 0 Å². The maximum absolute atomic E-state index is 12.7. The Kier molecular flexibility index (Phi) is 5.75. The number of rotatable bonds is 5. The van der Waals surface area contributed by atoms with Gasteiger partial charge >= 0.3 is 6.18 Å². The van der Waals surface area contributed by atoms with Crippen LogP contribution in [-0.4, -0.2) is 42.3 Å². The predicted molar refractivity (Wildman–Crippen MR) is 77.3 cm³/mol. The molecule has 1 saturated carbocycles. The highest BCUT2D eigenvalue weighted by Gasteiger charge is 2.39. The molecule has 128 valence electrons. The molecule has 0 aromatic carbocycles. The smallest absolute Gasteiger partial charge is 0.378 e. The lowest BCUT2D eigenvalue weighted by Crippen LogP contribution is -2.49. The van der Waals surface area contributed by atoms with Crippen LogP contribution in [0.1, 0.15) is 52.4 Å². The second-order valence-corrected chi connectivity index (χ2v) is 6.97. The van der Waals surface area contributed by atoms with Crippen molar-refractivity contribution in [2.45, 2.75) is 70.7 Å². The Bertz CT molecular complexity index is 380. The number of carbonyl (C=O) groups excluding carboxylic acids is 1. The molecule has 0 radical (unpaired) electrons. The molecule has 0 aromatic heterocycles. The van der Waals surface area contributed by atoms with Gasteiger partial charge in [-0.15, -0.1) is 0 Å². The zero-order valence-electron chi connectivity index (χ0n) is 13.4. The van der Waals surface area contributed by atoms with Crippen molar-refractivity contribution >= 4 is 5.91 Å². The number of nitrogens with zero attached hydrogens (tertiary/aromatic N) is 1. The second-order valence-electron chi connectivity index (χ2n) is 6.97. The summed E-state index contributed by atoms with van der Waals surface area (Å²) in [5.41, 5.74) is 0. The molecule has 1 heterocycles. The lowest BCUT2D eigenvalue weighted by molar-refractivity contribution is -0.170. The van der Waals surface area contributed by atoms with Crippen LogP contribution in [0, 0.1) is 11.8 Å². The summed E-state index contributed by atoms with van der Waals surface area (Å²) in [6, 6.07) is -0.213. The van der Waals surface area contributed by atoms with E-state index in [1.165, 1.54) is 0 Å². The first-order valence-corrected chi connectivity index (χ1v) is 8.24. The van der Waals surface area contributed by atoms with E-state index < -0.39 is 12.7 Å². The maximum Gasteiger partial charge on any atom is 0.406 e. The van der Waals surface area contributed by atoms with Gasteiger partial charge in [-0.05, 0) is 43.9 Å². The first-order chi connectivity index (χ1) is 10.3. The Morgan fingerprint density at radius 1 is 1.27 bits per heavy atom. The van der Waals surface area contributed by atoms with E-state index in [9.17, 15) is 18.0 Å². The molecule has 22 heavy (non-hydrogen) atoms. The Balaban J connectivity index is 1.92. The fourth-order valence-electron chi connectivity index (χ4n) is 3.23. The molecule has 2 aliphatic rings. The van der Waals surface area contributed by atoms with Gasteiger partial charge in [0, 0.05) is 19.1 Å². The third kappa shape index (κ3) is 4.86. The highest BCUT2D eigenvalue weighted by molar-refractivity contribution is 5.77. The fourth-order valence-corrected chi connectivity index (χ4v) is 3.23. The minimum absolute atomic E-state index is 0.117. The van der Waals surface area contributed by atoms with Gasteiger partial charge in [0.1, 0.15) is 6.54 Å².